The number of aromatic nitrogens is 3. The van der Waals surface area contributed by atoms with Crippen LogP contribution in [0.2, 0.25) is 0 Å². The van der Waals surface area contributed by atoms with Crippen molar-refractivity contribution in [3.8, 4) is 0 Å². The SMILES string of the molecule is Cc1nc(CN2CCC[C@]3(CCC(=O)N(Cc4ccccn4)C3)C2)no1. The Hall–Kier alpha value is -2.28. The van der Waals surface area contributed by atoms with Gasteiger partial charge >= 0.3 is 0 Å². The van der Waals surface area contributed by atoms with Crippen LogP contribution in [0.15, 0.2) is 28.9 Å². The molecular weight excluding hydrogens is 330 g/mol. The van der Waals surface area contributed by atoms with E-state index in [0.717, 1.165) is 44.0 Å². The lowest BCUT2D eigenvalue weighted by Crippen LogP contribution is -2.53. The lowest BCUT2D eigenvalue weighted by Gasteiger charge is -2.48. The Morgan fingerprint density at radius 3 is 2.92 bits per heavy atom. The Labute approximate surface area is 153 Å². The average molecular weight is 355 g/mol. The van der Waals surface area contributed by atoms with Crippen LogP contribution in [0.4, 0.5) is 0 Å². The normalized spacial score (nSPS) is 24.3. The molecule has 0 N–H and O–H groups in total. The molecule has 2 aliphatic heterocycles. The van der Waals surface area contributed by atoms with E-state index in [9.17, 15) is 4.79 Å². The van der Waals surface area contributed by atoms with Gasteiger partial charge in [-0.1, -0.05) is 11.2 Å². The zero-order valence-electron chi connectivity index (χ0n) is 15.2. The molecule has 0 saturated carbocycles. The van der Waals surface area contributed by atoms with E-state index < -0.39 is 0 Å². The number of rotatable bonds is 4. The molecule has 4 rings (SSSR count). The summed E-state index contributed by atoms with van der Waals surface area (Å²) < 4.78 is 5.09. The second-order valence-corrected chi connectivity index (χ2v) is 7.61. The Morgan fingerprint density at radius 2 is 2.15 bits per heavy atom. The Balaban J connectivity index is 1.43. The lowest BCUT2D eigenvalue weighted by atomic mass is 9.73. The van der Waals surface area contributed by atoms with Gasteiger partial charge in [0.25, 0.3) is 0 Å². The van der Waals surface area contributed by atoms with E-state index in [0.29, 0.717) is 25.4 Å². The van der Waals surface area contributed by atoms with Crippen molar-refractivity contribution in [2.75, 3.05) is 19.6 Å². The van der Waals surface area contributed by atoms with Crippen molar-refractivity contribution >= 4 is 5.91 Å². The third-order valence-corrected chi connectivity index (χ3v) is 5.50. The van der Waals surface area contributed by atoms with Crippen molar-refractivity contribution in [2.45, 2.75) is 45.7 Å². The van der Waals surface area contributed by atoms with Crippen LogP contribution in [0.1, 0.15) is 43.1 Å². The smallest absolute Gasteiger partial charge is 0.223 e. The summed E-state index contributed by atoms with van der Waals surface area (Å²) in [5, 5.41) is 4.03. The molecule has 0 aromatic carbocycles. The van der Waals surface area contributed by atoms with Crippen molar-refractivity contribution in [3.05, 3.63) is 41.8 Å². The summed E-state index contributed by atoms with van der Waals surface area (Å²) in [5.41, 5.74) is 1.12. The van der Waals surface area contributed by atoms with Gasteiger partial charge in [0.15, 0.2) is 5.82 Å². The van der Waals surface area contributed by atoms with E-state index in [4.69, 9.17) is 4.52 Å². The first-order valence-electron chi connectivity index (χ1n) is 9.31. The molecule has 2 aromatic rings. The van der Waals surface area contributed by atoms with Gasteiger partial charge in [0.2, 0.25) is 11.8 Å². The summed E-state index contributed by atoms with van der Waals surface area (Å²) >= 11 is 0. The second-order valence-electron chi connectivity index (χ2n) is 7.61. The second kappa shape index (κ2) is 7.15. The highest BCUT2D eigenvalue weighted by Gasteiger charge is 2.41. The van der Waals surface area contributed by atoms with Crippen LogP contribution in [0, 0.1) is 12.3 Å². The van der Waals surface area contributed by atoms with Crippen molar-refractivity contribution in [1.29, 1.82) is 0 Å². The molecule has 7 heteroatoms. The molecule has 26 heavy (non-hydrogen) atoms. The van der Waals surface area contributed by atoms with Crippen LogP contribution in [0.25, 0.3) is 0 Å². The largest absolute Gasteiger partial charge is 0.340 e. The number of carbonyl (C=O) groups excluding carboxylic acids is 1. The molecule has 0 aliphatic carbocycles. The fraction of sp³-hybridized carbons (Fsp3) is 0.579. The molecule has 2 aromatic heterocycles. The molecule has 0 radical (unpaired) electrons. The van der Waals surface area contributed by atoms with Gasteiger partial charge in [0.05, 0.1) is 18.8 Å². The topological polar surface area (TPSA) is 75.4 Å². The quantitative estimate of drug-likeness (QED) is 0.837. The first-order chi connectivity index (χ1) is 12.6. The zero-order valence-corrected chi connectivity index (χ0v) is 15.2. The number of nitrogens with zero attached hydrogens (tertiary/aromatic N) is 5. The van der Waals surface area contributed by atoms with Crippen LogP contribution in [0.5, 0.6) is 0 Å². The highest BCUT2D eigenvalue weighted by Crippen LogP contribution is 2.39. The van der Waals surface area contributed by atoms with Crippen molar-refractivity contribution in [3.63, 3.8) is 0 Å². The van der Waals surface area contributed by atoms with Gasteiger partial charge in [0, 0.05) is 38.0 Å². The highest BCUT2D eigenvalue weighted by atomic mass is 16.5. The lowest BCUT2D eigenvalue weighted by molar-refractivity contribution is -0.140. The summed E-state index contributed by atoms with van der Waals surface area (Å²) in [6.07, 6.45) is 5.69. The number of aryl methyl sites for hydroxylation is 1. The van der Waals surface area contributed by atoms with Crippen LogP contribution in [-0.2, 0) is 17.9 Å². The molecule has 1 amide bonds. The minimum Gasteiger partial charge on any atom is -0.340 e. The van der Waals surface area contributed by atoms with E-state index in [1.165, 1.54) is 6.42 Å². The highest BCUT2D eigenvalue weighted by molar-refractivity contribution is 5.77. The van der Waals surface area contributed by atoms with Gasteiger partial charge < -0.3 is 9.42 Å². The van der Waals surface area contributed by atoms with Gasteiger partial charge in [-0.05, 0) is 37.9 Å². The van der Waals surface area contributed by atoms with Gasteiger partial charge in [-0.2, -0.15) is 4.98 Å². The number of hydrogen-bond acceptors (Lipinski definition) is 6. The Bertz CT molecular complexity index is 762. The predicted octanol–water partition coefficient (Wildman–Crippen LogP) is 2.18. The first kappa shape index (κ1) is 17.1. The first-order valence-corrected chi connectivity index (χ1v) is 9.31. The van der Waals surface area contributed by atoms with E-state index in [1.54, 1.807) is 6.20 Å². The fourth-order valence-electron chi connectivity index (χ4n) is 4.32. The van der Waals surface area contributed by atoms with Crippen LogP contribution in [0.3, 0.4) is 0 Å². The van der Waals surface area contributed by atoms with Crippen LogP contribution in [-0.4, -0.2) is 50.5 Å². The monoisotopic (exact) mass is 355 g/mol. The van der Waals surface area contributed by atoms with E-state index in [-0.39, 0.29) is 11.3 Å². The van der Waals surface area contributed by atoms with E-state index in [2.05, 4.69) is 20.0 Å². The Morgan fingerprint density at radius 1 is 1.23 bits per heavy atom. The summed E-state index contributed by atoms with van der Waals surface area (Å²) in [4.78, 5) is 25.6. The fourth-order valence-corrected chi connectivity index (χ4v) is 4.32. The minimum absolute atomic E-state index is 0.166. The standard InChI is InChI=1S/C19H25N5O2/c1-15-21-17(22-26-15)12-23-10-4-7-19(13-23)8-6-18(25)24(14-19)11-16-5-2-3-9-20-16/h2-3,5,9H,4,6-8,10-14H2,1H3/t19-/m0/s1. The average Bonchev–Trinajstić information content (AvgIpc) is 3.04. The van der Waals surface area contributed by atoms with Gasteiger partial charge in [-0.3, -0.25) is 14.7 Å². The van der Waals surface area contributed by atoms with Gasteiger partial charge in [-0.15, -0.1) is 0 Å². The maximum atomic E-state index is 12.5. The zero-order chi connectivity index (χ0) is 18.0. The number of carbonyl (C=O) groups is 1. The summed E-state index contributed by atoms with van der Waals surface area (Å²) in [6, 6.07) is 5.86. The van der Waals surface area contributed by atoms with Gasteiger partial charge in [0.1, 0.15) is 0 Å². The van der Waals surface area contributed by atoms with E-state index >= 15 is 0 Å². The third kappa shape index (κ3) is 3.77. The van der Waals surface area contributed by atoms with Crippen LogP contribution >= 0.6 is 0 Å². The molecule has 7 nitrogen and oxygen atoms in total. The minimum atomic E-state index is 0.166. The summed E-state index contributed by atoms with van der Waals surface area (Å²) in [6.45, 7) is 5.97. The molecule has 1 spiro atoms. The Kier molecular flexibility index (Phi) is 4.72. The third-order valence-electron chi connectivity index (χ3n) is 5.50. The molecular formula is C19H25N5O2. The van der Waals surface area contributed by atoms with Crippen LogP contribution < -0.4 is 0 Å². The van der Waals surface area contributed by atoms with Gasteiger partial charge in [-0.25, -0.2) is 0 Å². The van der Waals surface area contributed by atoms with E-state index in [1.807, 2.05) is 30.0 Å². The molecule has 0 bridgehead atoms. The number of piperidine rings is 2. The summed E-state index contributed by atoms with van der Waals surface area (Å²) in [7, 11) is 0. The number of likely N-dealkylation sites (tertiary alicyclic amines) is 2. The number of pyridine rings is 1. The number of amides is 1. The van der Waals surface area contributed by atoms with Crippen molar-refractivity contribution in [1.82, 2.24) is 24.9 Å². The van der Waals surface area contributed by atoms with Crippen molar-refractivity contribution < 1.29 is 9.32 Å². The molecule has 2 saturated heterocycles. The maximum absolute atomic E-state index is 12.5. The molecule has 4 heterocycles. The molecule has 2 fully saturated rings. The molecule has 1 atom stereocenters. The van der Waals surface area contributed by atoms with Crippen molar-refractivity contribution in [2.24, 2.45) is 5.41 Å². The molecule has 0 unspecified atom stereocenters. The summed E-state index contributed by atoms with van der Waals surface area (Å²) in [5.74, 6) is 1.60. The number of hydrogen-bond donors (Lipinski definition) is 0. The molecule has 2 aliphatic rings. The molecule has 138 valence electrons. The predicted molar refractivity (Wildman–Crippen MR) is 94.9 cm³/mol. The maximum Gasteiger partial charge on any atom is 0.223 e.